The molecule has 0 aromatic heterocycles. The van der Waals surface area contributed by atoms with Crippen LogP contribution in [0.2, 0.25) is 0 Å². The largest absolute Gasteiger partial charge is 0.449 e. The average molecular weight is 251 g/mol. The summed E-state index contributed by atoms with van der Waals surface area (Å²) in [6.07, 6.45) is 1.64. The van der Waals surface area contributed by atoms with Gasteiger partial charge in [0, 0.05) is 22.6 Å². The van der Waals surface area contributed by atoms with Crippen LogP contribution in [-0.2, 0) is 4.74 Å². The van der Waals surface area contributed by atoms with Gasteiger partial charge in [0.15, 0.2) is 0 Å². The fourth-order valence-corrected chi connectivity index (χ4v) is 3.15. The SMILES string of the molecule is CC[C@@H](Sc1ccccc1)[C@H]1CCOC(=O)N1. The van der Waals surface area contributed by atoms with Crippen LogP contribution in [0, 0.1) is 0 Å². The Hall–Kier alpha value is -1.16. The van der Waals surface area contributed by atoms with E-state index in [1.807, 2.05) is 30.0 Å². The van der Waals surface area contributed by atoms with Crippen molar-refractivity contribution in [2.24, 2.45) is 0 Å². The molecule has 0 aliphatic carbocycles. The molecule has 1 aromatic rings. The van der Waals surface area contributed by atoms with Crippen molar-refractivity contribution in [3.8, 4) is 0 Å². The van der Waals surface area contributed by atoms with Crippen molar-refractivity contribution in [1.29, 1.82) is 0 Å². The summed E-state index contributed by atoms with van der Waals surface area (Å²) >= 11 is 1.83. The molecule has 17 heavy (non-hydrogen) atoms. The molecular weight excluding hydrogens is 234 g/mol. The molecule has 1 N–H and O–H groups in total. The Morgan fingerprint density at radius 1 is 1.47 bits per heavy atom. The lowest BCUT2D eigenvalue weighted by Crippen LogP contribution is -2.46. The molecule has 92 valence electrons. The van der Waals surface area contributed by atoms with E-state index in [1.54, 1.807) is 0 Å². The van der Waals surface area contributed by atoms with E-state index in [9.17, 15) is 4.79 Å². The molecule has 0 unspecified atom stereocenters. The van der Waals surface area contributed by atoms with Gasteiger partial charge in [-0.2, -0.15) is 0 Å². The molecule has 1 heterocycles. The van der Waals surface area contributed by atoms with Crippen LogP contribution in [0.3, 0.4) is 0 Å². The lowest BCUT2D eigenvalue weighted by atomic mass is 10.1. The fourth-order valence-electron chi connectivity index (χ4n) is 1.95. The first-order chi connectivity index (χ1) is 8.29. The molecule has 1 aliphatic heterocycles. The number of carbonyl (C=O) groups is 1. The number of thioether (sulfide) groups is 1. The zero-order chi connectivity index (χ0) is 12.1. The number of ether oxygens (including phenoxy) is 1. The highest BCUT2D eigenvalue weighted by atomic mass is 32.2. The van der Waals surface area contributed by atoms with E-state index in [1.165, 1.54) is 4.90 Å². The van der Waals surface area contributed by atoms with Gasteiger partial charge >= 0.3 is 6.09 Å². The van der Waals surface area contributed by atoms with Gasteiger partial charge in [-0.15, -0.1) is 11.8 Å². The minimum atomic E-state index is -0.284. The third-order valence-corrected chi connectivity index (χ3v) is 4.36. The Balaban J connectivity index is 1.98. The quantitative estimate of drug-likeness (QED) is 0.836. The van der Waals surface area contributed by atoms with E-state index >= 15 is 0 Å². The minimum Gasteiger partial charge on any atom is -0.449 e. The van der Waals surface area contributed by atoms with Crippen LogP contribution < -0.4 is 5.32 Å². The lowest BCUT2D eigenvalue weighted by molar-refractivity contribution is 0.115. The van der Waals surface area contributed by atoms with E-state index in [2.05, 4.69) is 24.4 Å². The summed E-state index contributed by atoms with van der Waals surface area (Å²) in [6, 6.07) is 10.5. The molecule has 1 fully saturated rings. The normalized spacial score (nSPS) is 21.5. The maximum Gasteiger partial charge on any atom is 0.407 e. The third kappa shape index (κ3) is 3.40. The van der Waals surface area contributed by atoms with Gasteiger partial charge in [0.25, 0.3) is 0 Å². The van der Waals surface area contributed by atoms with Crippen LogP contribution in [-0.4, -0.2) is 24.0 Å². The molecule has 1 aromatic carbocycles. The number of nitrogens with one attached hydrogen (secondary N) is 1. The average Bonchev–Trinajstić information content (AvgIpc) is 2.37. The van der Waals surface area contributed by atoms with Gasteiger partial charge in [-0.3, -0.25) is 0 Å². The van der Waals surface area contributed by atoms with Crippen molar-refractivity contribution >= 4 is 17.9 Å². The van der Waals surface area contributed by atoms with Crippen LogP contribution in [0.5, 0.6) is 0 Å². The number of benzene rings is 1. The first-order valence-electron chi connectivity index (χ1n) is 5.94. The summed E-state index contributed by atoms with van der Waals surface area (Å²) in [4.78, 5) is 12.5. The molecular formula is C13H17NO2S. The monoisotopic (exact) mass is 251 g/mol. The maximum atomic E-state index is 11.2. The number of cyclic esters (lactones) is 1. The summed E-state index contributed by atoms with van der Waals surface area (Å²) in [6.45, 7) is 2.69. The van der Waals surface area contributed by atoms with Crippen LogP contribution in [0.1, 0.15) is 19.8 Å². The summed E-state index contributed by atoms with van der Waals surface area (Å²) in [5, 5.41) is 3.31. The highest BCUT2D eigenvalue weighted by molar-refractivity contribution is 8.00. The third-order valence-electron chi connectivity index (χ3n) is 2.85. The number of hydrogen-bond acceptors (Lipinski definition) is 3. The molecule has 2 rings (SSSR count). The van der Waals surface area contributed by atoms with Crippen molar-refractivity contribution in [2.75, 3.05) is 6.61 Å². The second-order valence-corrected chi connectivity index (χ2v) is 5.37. The van der Waals surface area contributed by atoms with Gasteiger partial charge in [0.2, 0.25) is 0 Å². The van der Waals surface area contributed by atoms with Gasteiger partial charge in [0.1, 0.15) is 0 Å². The number of amides is 1. The molecule has 3 nitrogen and oxygen atoms in total. The highest BCUT2D eigenvalue weighted by Gasteiger charge is 2.26. The lowest BCUT2D eigenvalue weighted by Gasteiger charge is -2.29. The van der Waals surface area contributed by atoms with Crippen molar-refractivity contribution in [2.45, 2.75) is 36.0 Å². The zero-order valence-electron chi connectivity index (χ0n) is 9.89. The van der Waals surface area contributed by atoms with Crippen molar-refractivity contribution in [1.82, 2.24) is 5.32 Å². The summed E-state index contributed by atoms with van der Waals surface area (Å²) in [5.74, 6) is 0. The summed E-state index contributed by atoms with van der Waals surface area (Å²) < 4.78 is 4.89. The molecule has 1 aliphatic rings. The van der Waals surface area contributed by atoms with E-state index in [-0.39, 0.29) is 12.1 Å². The zero-order valence-corrected chi connectivity index (χ0v) is 10.7. The molecule has 0 saturated carbocycles. The molecule has 2 atom stereocenters. The van der Waals surface area contributed by atoms with Crippen molar-refractivity contribution in [3.05, 3.63) is 30.3 Å². The summed E-state index contributed by atoms with van der Waals surface area (Å²) in [5.41, 5.74) is 0. The number of rotatable bonds is 4. The first-order valence-corrected chi connectivity index (χ1v) is 6.82. The molecule has 1 amide bonds. The molecule has 4 heteroatoms. The van der Waals surface area contributed by atoms with Crippen LogP contribution >= 0.6 is 11.8 Å². The van der Waals surface area contributed by atoms with Crippen molar-refractivity contribution in [3.63, 3.8) is 0 Å². The standard InChI is InChI=1S/C13H17NO2S/c1-2-12(11-8-9-16-13(15)14-11)17-10-6-4-3-5-7-10/h3-7,11-12H,2,8-9H2,1H3,(H,14,15)/t11-,12-/m1/s1. The van der Waals surface area contributed by atoms with E-state index in [4.69, 9.17) is 4.74 Å². The Labute approximate surface area is 106 Å². The molecule has 0 spiro atoms. The minimum absolute atomic E-state index is 0.214. The second kappa shape index (κ2) is 5.96. The van der Waals surface area contributed by atoms with Crippen LogP contribution in [0.4, 0.5) is 4.79 Å². The smallest absolute Gasteiger partial charge is 0.407 e. The second-order valence-electron chi connectivity index (χ2n) is 4.05. The molecule has 0 bridgehead atoms. The highest BCUT2D eigenvalue weighted by Crippen LogP contribution is 2.29. The maximum absolute atomic E-state index is 11.2. The van der Waals surface area contributed by atoms with Gasteiger partial charge < -0.3 is 10.1 Å². The molecule has 1 saturated heterocycles. The number of alkyl carbamates (subject to hydrolysis) is 1. The summed E-state index contributed by atoms with van der Waals surface area (Å²) in [7, 11) is 0. The number of carbonyl (C=O) groups excluding carboxylic acids is 1. The van der Waals surface area contributed by atoms with E-state index in [0.29, 0.717) is 11.9 Å². The van der Waals surface area contributed by atoms with Gasteiger partial charge in [-0.05, 0) is 18.6 Å². The Bertz CT molecular complexity index is 369. The predicted molar refractivity (Wildman–Crippen MR) is 69.3 cm³/mol. The Morgan fingerprint density at radius 3 is 2.88 bits per heavy atom. The number of hydrogen-bond donors (Lipinski definition) is 1. The van der Waals surface area contributed by atoms with Crippen LogP contribution in [0.25, 0.3) is 0 Å². The van der Waals surface area contributed by atoms with Gasteiger partial charge in [-0.1, -0.05) is 25.1 Å². The van der Waals surface area contributed by atoms with Crippen molar-refractivity contribution < 1.29 is 9.53 Å². The predicted octanol–water partition coefficient (Wildman–Crippen LogP) is 3.06. The van der Waals surface area contributed by atoms with Gasteiger partial charge in [0.05, 0.1) is 6.61 Å². The van der Waals surface area contributed by atoms with Crippen LogP contribution in [0.15, 0.2) is 35.2 Å². The topological polar surface area (TPSA) is 38.3 Å². The van der Waals surface area contributed by atoms with E-state index < -0.39 is 0 Å². The Kier molecular flexibility index (Phi) is 4.31. The van der Waals surface area contributed by atoms with E-state index in [0.717, 1.165) is 12.8 Å². The molecule has 0 radical (unpaired) electrons. The Morgan fingerprint density at radius 2 is 2.24 bits per heavy atom. The fraction of sp³-hybridized carbons (Fsp3) is 0.462. The first kappa shape index (κ1) is 12.3. The van der Waals surface area contributed by atoms with Gasteiger partial charge in [-0.25, -0.2) is 4.79 Å².